The maximum atomic E-state index is 12.5. The second-order valence-corrected chi connectivity index (χ2v) is 6.87. The van der Waals surface area contributed by atoms with E-state index in [1.807, 2.05) is 24.3 Å². The molecule has 2 fully saturated rings. The quantitative estimate of drug-likeness (QED) is 0.635. The fourth-order valence-electron chi connectivity index (χ4n) is 3.12. The van der Waals surface area contributed by atoms with E-state index in [1.165, 1.54) is 0 Å². The van der Waals surface area contributed by atoms with Crippen molar-refractivity contribution in [2.24, 2.45) is 11.8 Å². The summed E-state index contributed by atoms with van der Waals surface area (Å²) in [7, 11) is 0. The van der Waals surface area contributed by atoms with Crippen LogP contribution in [0.4, 0.5) is 5.69 Å². The first-order valence-corrected chi connectivity index (χ1v) is 8.59. The number of amides is 2. The van der Waals surface area contributed by atoms with Crippen LogP contribution in [0.25, 0.3) is 0 Å². The van der Waals surface area contributed by atoms with Gasteiger partial charge in [0.1, 0.15) is 5.92 Å². The fourth-order valence-corrected chi connectivity index (χ4v) is 3.61. The van der Waals surface area contributed by atoms with E-state index in [-0.39, 0.29) is 30.1 Å². The van der Waals surface area contributed by atoms with Crippen molar-refractivity contribution < 1.29 is 14.7 Å². The molecule has 2 aliphatic heterocycles. The van der Waals surface area contributed by atoms with Crippen LogP contribution in [0.1, 0.15) is 6.42 Å². The van der Waals surface area contributed by atoms with E-state index in [1.54, 1.807) is 4.90 Å². The van der Waals surface area contributed by atoms with Gasteiger partial charge in [-0.15, -0.1) is 12.4 Å². The SMILES string of the molecule is Cl.O=C(NCC1CNCC1O)C1CCN(c2ccccc2Br)C1=O. The Bertz CT molecular complexity index is 616. The predicted molar refractivity (Wildman–Crippen MR) is 97.2 cm³/mol. The Hall–Kier alpha value is -1.15. The van der Waals surface area contributed by atoms with Gasteiger partial charge in [-0.1, -0.05) is 12.1 Å². The van der Waals surface area contributed by atoms with Gasteiger partial charge >= 0.3 is 0 Å². The third-order valence-electron chi connectivity index (χ3n) is 4.51. The van der Waals surface area contributed by atoms with Crippen molar-refractivity contribution in [2.75, 3.05) is 31.1 Å². The van der Waals surface area contributed by atoms with Crippen molar-refractivity contribution in [1.29, 1.82) is 0 Å². The van der Waals surface area contributed by atoms with Gasteiger partial charge in [0.05, 0.1) is 11.8 Å². The molecule has 8 heteroatoms. The summed E-state index contributed by atoms with van der Waals surface area (Å²) in [6, 6.07) is 7.50. The van der Waals surface area contributed by atoms with Gasteiger partial charge in [0.2, 0.25) is 11.8 Å². The molecule has 0 aromatic heterocycles. The Morgan fingerprint density at radius 2 is 2.12 bits per heavy atom. The number of nitrogens with zero attached hydrogens (tertiary/aromatic N) is 1. The number of halogens is 2. The largest absolute Gasteiger partial charge is 0.391 e. The number of β-amino-alcohol motifs (C(OH)–C–C–N with tert-alkyl or cyclic N) is 1. The second kappa shape index (κ2) is 8.29. The smallest absolute Gasteiger partial charge is 0.239 e. The monoisotopic (exact) mass is 417 g/mol. The van der Waals surface area contributed by atoms with E-state index >= 15 is 0 Å². The summed E-state index contributed by atoms with van der Waals surface area (Å²) in [5.74, 6) is -1.05. The predicted octanol–water partition coefficient (Wildman–Crippen LogP) is 0.920. The molecular weight excluding hydrogens is 398 g/mol. The Morgan fingerprint density at radius 3 is 2.79 bits per heavy atom. The zero-order valence-electron chi connectivity index (χ0n) is 13.1. The van der Waals surface area contributed by atoms with Gasteiger partial charge in [0.25, 0.3) is 0 Å². The van der Waals surface area contributed by atoms with E-state index in [0.717, 1.165) is 10.2 Å². The first kappa shape index (κ1) is 19.2. The molecule has 0 spiro atoms. The molecule has 2 aliphatic rings. The van der Waals surface area contributed by atoms with Crippen LogP contribution >= 0.6 is 28.3 Å². The standard InChI is InChI=1S/C16H20BrN3O3.ClH/c17-12-3-1-2-4-13(12)20-6-5-11(16(20)23)15(22)19-8-10-7-18-9-14(10)21;/h1-4,10-11,14,18,21H,5-9H2,(H,19,22);1H. The number of rotatable bonds is 4. The second-order valence-electron chi connectivity index (χ2n) is 6.01. The molecule has 132 valence electrons. The van der Waals surface area contributed by atoms with Gasteiger partial charge in [0.15, 0.2) is 0 Å². The molecule has 3 atom stereocenters. The first-order valence-electron chi connectivity index (χ1n) is 7.80. The number of aliphatic hydroxyl groups excluding tert-OH is 1. The summed E-state index contributed by atoms with van der Waals surface area (Å²) in [6.07, 6.45) is 0.0728. The summed E-state index contributed by atoms with van der Waals surface area (Å²) in [5.41, 5.74) is 0.795. The van der Waals surface area contributed by atoms with Crippen LogP contribution in [0.5, 0.6) is 0 Å². The van der Waals surface area contributed by atoms with Gasteiger partial charge in [0, 0.05) is 36.6 Å². The van der Waals surface area contributed by atoms with Crippen LogP contribution in [-0.2, 0) is 9.59 Å². The minimum Gasteiger partial charge on any atom is -0.391 e. The van der Waals surface area contributed by atoms with Crippen LogP contribution in [0.2, 0.25) is 0 Å². The van der Waals surface area contributed by atoms with Gasteiger partial charge < -0.3 is 20.6 Å². The summed E-state index contributed by atoms with van der Waals surface area (Å²) < 4.78 is 0.842. The van der Waals surface area contributed by atoms with Crippen LogP contribution in [0.3, 0.4) is 0 Å². The molecule has 2 heterocycles. The van der Waals surface area contributed by atoms with E-state index < -0.39 is 12.0 Å². The molecule has 2 saturated heterocycles. The molecule has 1 aromatic carbocycles. The number of hydrogen-bond acceptors (Lipinski definition) is 4. The van der Waals surface area contributed by atoms with Gasteiger partial charge in [-0.3, -0.25) is 9.59 Å². The lowest BCUT2D eigenvalue weighted by Gasteiger charge is -2.19. The maximum Gasteiger partial charge on any atom is 0.239 e. The fraction of sp³-hybridized carbons (Fsp3) is 0.500. The summed E-state index contributed by atoms with van der Waals surface area (Å²) in [6.45, 7) is 2.17. The molecule has 3 unspecified atom stereocenters. The number of carbonyl (C=O) groups excluding carboxylic acids is 2. The Kier molecular flexibility index (Phi) is 6.62. The van der Waals surface area contributed by atoms with E-state index in [9.17, 15) is 14.7 Å². The molecule has 0 saturated carbocycles. The third-order valence-corrected chi connectivity index (χ3v) is 5.18. The number of anilines is 1. The Balaban J connectivity index is 0.00000208. The number of hydrogen-bond donors (Lipinski definition) is 3. The van der Waals surface area contributed by atoms with Crippen LogP contribution < -0.4 is 15.5 Å². The summed E-state index contributed by atoms with van der Waals surface area (Å²) in [4.78, 5) is 26.5. The lowest BCUT2D eigenvalue weighted by Crippen LogP contribution is -2.40. The zero-order valence-corrected chi connectivity index (χ0v) is 15.5. The maximum absolute atomic E-state index is 12.5. The lowest BCUT2D eigenvalue weighted by molar-refractivity contribution is -0.132. The Labute approximate surface area is 155 Å². The summed E-state index contributed by atoms with van der Waals surface area (Å²) >= 11 is 3.44. The van der Waals surface area contributed by atoms with Crippen molar-refractivity contribution in [2.45, 2.75) is 12.5 Å². The normalized spacial score (nSPS) is 26.3. The van der Waals surface area contributed by atoms with E-state index in [4.69, 9.17) is 0 Å². The molecule has 2 amide bonds. The molecule has 6 nitrogen and oxygen atoms in total. The van der Waals surface area contributed by atoms with Crippen molar-refractivity contribution >= 4 is 45.8 Å². The third kappa shape index (κ3) is 3.91. The number of benzene rings is 1. The highest BCUT2D eigenvalue weighted by molar-refractivity contribution is 9.10. The van der Waals surface area contributed by atoms with E-state index in [2.05, 4.69) is 26.6 Å². The average Bonchev–Trinajstić information content (AvgIpc) is 3.11. The molecule has 3 rings (SSSR count). The highest BCUT2D eigenvalue weighted by atomic mass is 79.9. The zero-order chi connectivity index (χ0) is 16.4. The van der Waals surface area contributed by atoms with Crippen LogP contribution in [0, 0.1) is 11.8 Å². The lowest BCUT2D eigenvalue weighted by atomic mass is 10.0. The minimum atomic E-state index is -0.645. The summed E-state index contributed by atoms with van der Waals surface area (Å²) in [5, 5.41) is 15.6. The molecule has 24 heavy (non-hydrogen) atoms. The molecule has 0 radical (unpaired) electrons. The minimum absolute atomic E-state index is 0. The van der Waals surface area contributed by atoms with E-state index in [0.29, 0.717) is 32.6 Å². The molecule has 3 N–H and O–H groups in total. The van der Waals surface area contributed by atoms with Gasteiger partial charge in [-0.25, -0.2) is 0 Å². The van der Waals surface area contributed by atoms with Crippen LogP contribution in [-0.4, -0.2) is 49.2 Å². The number of nitrogens with one attached hydrogen (secondary N) is 2. The highest BCUT2D eigenvalue weighted by Gasteiger charge is 2.38. The molecular formula is C16H21BrClN3O3. The van der Waals surface area contributed by atoms with Gasteiger partial charge in [-0.2, -0.15) is 0 Å². The average molecular weight is 419 g/mol. The number of carbonyl (C=O) groups is 2. The first-order chi connectivity index (χ1) is 11.1. The highest BCUT2D eigenvalue weighted by Crippen LogP contribution is 2.31. The van der Waals surface area contributed by atoms with Crippen molar-refractivity contribution in [1.82, 2.24) is 10.6 Å². The van der Waals surface area contributed by atoms with Crippen molar-refractivity contribution in [3.8, 4) is 0 Å². The molecule has 1 aromatic rings. The number of para-hydroxylation sites is 1. The van der Waals surface area contributed by atoms with Crippen molar-refractivity contribution in [3.05, 3.63) is 28.7 Å². The van der Waals surface area contributed by atoms with Crippen LogP contribution in [0.15, 0.2) is 28.7 Å². The number of aliphatic hydroxyl groups is 1. The molecule has 0 bridgehead atoms. The molecule has 0 aliphatic carbocycles. The Morgan fingerprint density at radius 1 is 1.38 bits per heavy atom. The van der Waals surface area contributed by atoms with Gasteiger partial charge in [-0.05, 0) is 34.5 Å². The topological polar surface area (TPSA) is 81.7 Å². The van der Waals surface area contributed by atoms with Crippen molar-refractivity contribution in [3.63, 3.8) is 0 Å².